The van der Waals surface area contributed by atoms with Gasteiger partial charge in [0.05, 0.1) is 30.0 Å². The Morgan fingerprint density at radius 2 is 2.00 bits per heavy atom. The molecule has 1 aliphatic heterocycles. The van der Waals surface area contributed by atoms with Gasteiger partial charge in [0.15, 0.2) is 5.65 Å². The number of anilines is 1. The molecular weight excluding hydrogens is 501 g/mol. The van der Waals surface area contributed by atoms with Gasteiger partial charge in [0.25, 0.3) is 5.91 Å². The van der Waals surface area contributed by atoms with Gasteiger partial charge in [0.1, 0.15) is 17.2 Å². The third-order valence-corrected chi connectivity index (χ3v) is 6.89. The zero-order valence-electron chi connectivity index (χ0n) is 21.0. The summed E-state index contributed by atoms with van der Waals surface area (Å²) in [5.74, 6) is -1.38. The fourth-order valence-corrected chi connectivity index (χ4v) is 4.96. The molecule has 4 heterocycles. The Labute approximate surface area is 222 Å². The second-order valence-electron chi connectivity index (χ2n) is 9.25. The van der Waals surface area contributed by atoms with Crippen LogP contribution in [0.25, 0.3) is 27.6 Å². The van der Waals surface area contributed by atoms with Crippen LogP contribution in [0.2, 0.25) is 0 Å². The number of methoxy groups -OCH3 is 1. The van der Waals surface area contributed by atoms with Crippen molar-refractivity contribution in [2.75, 3.05) is 25.1 Å². The van der Waals surface area contributed by atoms with Gasteiger partial charge in [0.2, 0.25) is 0 Å². The summed E-state index contributed by atoms with van der Waals surface area (Å²) in [5, 5.41) is 12.9. The van der Waals surface area contributed by atoms with Crippen molar-refractivity contribution < 1.29 is 18.7 Å². The van der Waals surface area contributed by atoms with Crippen LogP contribution in [0.4, 0.5) is 10.2 Å². The average molecular weight is 526 g/mol. The zero-order chi connectivity index (χ0) is 26.9. The molecule has 11 heteroatoms. The first-order valence-corrected chi connectivity index (χ1v) is 12.5. The Hall–Kier alpha value is -4.77. The third kappa shape index (κ3) is 4.46. The topological polar surface area (TPSA) is 115 Å². The Morgan fingerprint density at radius 3 is 2.79 bits per heavy atom. The van der Waals surface area contributed by atoms with Crippen LogP contribution >= 0.6 is 0 Å². The molecule has 39 heavy (non-hydrogen) atoms. The first-order valence-electron chi connectivity index (χ1n) is 12.5. The number of halogens is 1. The van der Waals surface area contributed by atoms with Gasteiger partial charge < -0.3 is 10.1 Å². The largest absolute Gasteiger partial charge is 0.465 e. The van der Waals surface area contributed by atoms with Crippen LogP contribution in [-0.2, 0) is 4.74 Å². The molecule has 1 atom stereocenters. The van der Waals surface area contributed by atoms with E-state index in [0.29, 0.717) is 46.6 Å². The maximum atomic E-state index is 15.6. The highest BCUT2D eigenvalue weighted by molar-refractivity contribution is 6.11. The van der Waals surface area contributed by atoms with Crippen LogP contribution in [0.3, 0.4) is 0 Å². The van der Waals surface area contributed by atoms with Crippen LogP contribution < -0.4 is 10.2 Å². The highest BCUT2D eigenvalue weighted by atomic mass is 19.1. The van der Waals surface area contributed by atoms with Crippen LogP contribution in [0.5, 0.6) is 0 Å². The molecule has 0 bridgehead atoms. The number of nitrogens with one attached hydrogen (secondary N) is 1. The molecule has 196 valence electrons. The van der Waals surface area contributed by atoms with Crippen LogP contribution in [-0.4, -0.2) is 63.1 Å². The molecule has 2 aromatic carbocycles. The highest BCUT2D eigenvalue weighted by Crippen LogP contribution is 2.31. The van der Waals surface area contributed by atoms with E-state index in [1.54, 1.807) is 59.8 Å². The third-order valence-electron chi connectivity index (χ3n) is 6.89. The molecule has 0 spiro atoms. The van der Waals surface area contributed by atoms with E-state index in [-0.39, 0.29) is 11.6 Å². The fraction of sp³-hybridized carbons (Fsp3) is 0.214. The number of hydrogen-bond acceptors (Lipinski definition) is 8. The number of esters is 1. The molecule has 0 saturated carbocycles. The standard InChI is InChI=1S/C28H24FN7O3/c1-39-28(38)18-7-6-17-10-13-32-25(22(17)14-18)35(20-4-2-11-30-16-20)27(37)21-9-8-19(15-23(21)29)36-26-24(33-34-36)5-3-12-31-26/h3,5-10,12-15,20,30H,2,4,11,16H2,1H3/t20-/m1/s1. The highest BCUT2D eigenvalue weighted by Gasteiger charge is 2.31. The van der Waals surface area contributed by atoms with Crippen LogP contribution in [0.1, 0.15) is 33.6 Å². The molecule has 5 aromatic rings. The molecule has 1 amide bonds. The molecular formula is C28H24FN7O3. The quantitative estimate of drug-likeness (QED) is 0.346. The summed E-state index contributed by atoms with van der Waals surface area (Å²) in [5.41, 5.74) is 1.67. The second-order valence-corrected chi connectivity index (χ2v) is 9.25. The average Bonchev–Trinajstić information content (AvgIpc) is 3.41. The van der Waals surface area contributed by atoms with Crippen LogP contribution in [0, 0.1) is 5.82 Å². The van der Waals surface area contributed by atoms with E-state index in [9.17, 15) is 9.59 Å². The number of rotatable bonds is 5. The van der Waals surface area contributed by atoms with E-state index >= 15 is 4.39 Å². The molecule has 0 radical (unpaired) electrons. The Morgan fingerprint density at radius 1 is 1.10 bits per heavy atom. The number of fused-ring (bicyclic) bond motifs is 2. The Bertz CT molecular complexity index is 1710. The summed E-state index contributed by atoms with van der Waals surface area (Å²) in [6.45, 7) is 1.35. The first-order chi connectivity index (χ1) is 19.0. The summed E-state index contributed by atoms with van der Waals surface area (Å²) < 4.78 is 22.0. The number of pyridine rings is 2. The lowest BCUT2D eigenvalue weighted by molar-refractivity contribution is 0.0600. The molecule has 10 nitrogen and oxygen atoms in total. The molecule has 1 fully saturated rings. The van der Waals surface area contributed by atoms with Gasteiger partial charge >= 0.3 is 5.97 Å². The van der Waals surface area contributed by atoms with Gasteiger partial charge in [-0.25, -0.2) is 19.2 Å². The number of nitrogens with zero attached hydrogens (tertiary/aromatic N) is 6. The van der Waals surface area contributed by atoms with Crippen molar-refractivity contribution in [2.24, 2.45) is 0 Å². The molecule has 6 rings (SSSR count). The van der Waals surface area contributed by atoms with E-state index in [4.69, 9.17) is 4.74 Å². The minimum atomic E-state index is -0.707. The number of carbonyl (C=O) groups is 2. The van der Waals surface area contributed by atoms with Gasteiger partial charge in [-0.15, -0.1) is 5.10 Å². The number of piperidine rings is 1. The van der Waals surface area contributed by atoms with E-state index in [1.165, 1.54) is 23.9 Å². The minimum absolute atomic E-state index is 0.107. The van der Waals surface area contributed by atoms with E-state index < -0.39 is 17.7 Å². The lowest BCUT2D eigenvalue weighted by Gasteiger charge is -2.34. The number of ether oxygens (including phenoxy) is 1. The van der Waals surface area contributed by atoms with E-state index in [0.717, 1.165) is 18.4 Å². The van der Waals surface area contributed by atoms with Gasteiger partial charge in [-0.1, -0.05) is 11.3 Å². The predicted molar refractivity (Wildman–Crippen MR) is 142 cm³/mol. The zero-order valence-corrected chi connectivity index (χ0v) is 21.0. The predicted octanol–water partition coefficient (Wildman–Crippen LogP) is 3.69. The minimum Gasteiger partial charge on any atom is -0.465 e. The van der Waals surface area contributed by atoms with Crippen molar-refractivity contribution in [3.8, 4) is 5.69 Å². The number of amides is 1. The van der Waals surface area contributed by atoms with Crippen molar-refractivity contribution in [1.82, 2.24) is 30.3 Å². The number of hydrogen-bond donors (Lipinski definition) is 1. The van der Waals surface area contributed by atoms with Crippen molar-refractivity contribution >= 4 is 39.6 Å². The summed E-state index contributed by atoms with van der Waals surface area (Å²) in [4.78, 5) is 36.7. The number of aromatic nitrogens is 5. The summed E-state index contributed by atoms with van der Waals surface area (Å²) in [6, 6.07) is 14.4. The first kappa shape index (κ1) is 24.6. The van der Waals surface area contributed by atoms with Gasteiger partial charge in [0, 0.05) is 30.4 Å². The number of carbonyl (C=O) groups excluding carboxylic acids is 2. The molecule has 0 unspecified atom stereocenters. The Kier molecular flexibility index (Phi) is 6.41. The summed E-state index contributed by atoms with van der Waals surface area (Å²) in [6.07, 6.45) is 4.77. The van der Waals surface area contributed by atoms with Crippen molar-refractivity contribution in [3.05, 3.63) is 83.9 Å². The molecule has 0 aliphatic carbocycles. The van der Waals surface area contributed by atoms with Gasteiger partial charge in [-0.3, -0.25) is 9.69 Å². The van der Waals surface area contributed by atoms with Gasteiger partial charge in [-0.05, 0) is 67.2 Å². The van der Waals surface area contributed by atoms with Crippen LogP contribution in [0.15, 0.2) is 67.0 Å². The van der Waals surface area contributed by atoms with E-state index in [1.807, 2.05) is 0 Å². The molecule has 1 N–H and O–H groups in total. The fourth-order valence-electron chi connectivity index (χ4n) is 4.96. The molecule has 1 saturated heterocycles. The molecule has 1 aliphatic rings. The van der Waals surface area contributed by atoms with Crippen molar-refractivity contribution in [1.29, 1.82) is 0 Å². The molecule has 3 aromatic heterocycles. The second kappa shape index (κ2) is 10.2. The van der Waals surface area contributed by atoms with Crippen molar-refractivity contribution in [3.63, 3.8) is 0 Å². The van der Waals surface area contributed by atoms with Crippen molar-refractivity contribution in [2.45, 2.75) is 18.9 Å². The normalized spacial score (nSPS) is 15.4. The Balaban J connectivity index is 1.44. The van der Waals surface area contributed by atoms with Gasteiger partial charge in [-0.2, -0.15) is 4.68 Å². The SMILES string of the molecule is COC(=O)c1ccc2ccnc(N(C(=O)c3ccc(-n4nnc5cccnc54)cc3F)[C@@H]3CCCNC3)c2c1. The maximum absolute atomic E-state index is 15.6. The maximum Gasteiger partial charge on any atom is 0.337 e. The monoisotopic (exact) mass is 525 g/mol. The van der Waals surface area contributed by atoms with E-state index in [2.05, 4.69) is 25.6 Å². The lowest BCUT2D eigenvalue weighted by Crippen LogP contribution is -2.49. The number of benzene rings is 2. The lowest BCUT2D eigenvalue weighted by atomic mass is 10.0. The summed E-state index contributed by atoms with van der Waals surface area (Å²) in [7, 11) is 1.31. The summed E-state index contributed by atoms with van der Waals surface area (Å²) >= 11 is 0. The smallest absolute Gasteiger partial charge is 0.337 e.